The van der Waals surface area contributed by atoms with E-state index >= 15 is 0 Å². The van der Waals surface area contributed by atoms with Crippen LogP contribution in [0, 0.1) is 20.8 Å². The highest BCUT2D eigenvalue weighted by Crippen LogP contribution is 2.40. The van der Waals surface area contributed by atoms with Crippen LogP contribution in [0.25, 0.3) is 5.70 Å². The summed E-state index contributed by atoms with van der Waals surface area (Å²) < 4.78 is 0. The number of benzene rings is 2. The summed E-state index contributed by atoms with van der Waals surface area (Å²) in [6, 6.07) is 11.8. The first-order valence-corrected chi connectivity index (χ1v) is 9.79. The molecule has 1 aliphatic carbocycles. The van der Waals surface area contributed by atoms with Gasteiger partial charge in [-0.25, -0.2) is 0 Å². The van der Waals surface area contributed by atoms with Crippen LogP contribution in [0.3, 0.4) is 0 Å². The molecule has 0 saturated carbocycles. The molecule has 2 heteroatoms. The molecule has 1 unspecified atom stereocenters. The number of aryl methyl sites for hydroxylation is 3. The van der Waals surface area contributed by atoms with Crippen molar-refractivity contribution in [1.82, 2.24) is 5.32 Å². The van der Waals surface area contributed by atoms with Gasteiger partial charge in [0.15, 0.2) is 0 Å². The summed E-state index contributed by atoms with van der Waals surface area (Å²) in [4.78, 5) is 4.39. The summed E-state index contributed by atoms with van der Waals surface area (Å²) in [5, 5.41) is 3.38. The van der Waals surface area contributed by atoms with Gasteiger partial charge >= 0.3 is 0 Å². The minimum atomic E-state index is 0.519. The fourth-order valence-electron chi connectivity index (χ4n) is 4.26. The Labute approximate surface area is 157 Å². The van der Waals surface area contributed by atoms with Crippen LogP contribution in [0.15, 0.2) is 41.4 Å². The summed E-state index contributed by atoms with van der Waals surface area (Å²) in [6.07, 6.45) is 8.77. The first-order chi connectivity index (χ1) is 12.6. The van der Waals surface area contributed by atoms with Crippen LogP contribution >= 0.6 is 0 Å². The van der Waals surface area contributed by atoms with E-state index in [0.717, 1.165) is 19.4 Å². The van der Waals surface area contributed by atoms with Gasteiger partial charge in [0.05, 0.1) is 6.34 Å². The molecule has 0 aromatic heterocycles. The molecular weight excluding hydrogens is 316 g/mol. The minimum Gasteiger partial charge on any atom is -0.347 e. The van der Waals surface area contributed by atoms with Crippen LogP contribution in [0.2, 0.25) is 0 Å². The van der Waals surface area contributed by atoms with Crippen LogP contribution in [-0.4, -0.2) is 12.9 Å². The number of allylic oxidation sites excluding steroid dienone is 1. The maximum atomic E-state index is 4.39. The van der Waals surface area contributed by atoms with Gasteiger partial charge in [-0.15, -0.1) is 0 Å². The number of nitrogens with zero attached hydrogens (tertiary/aromatic N) is 1. The molecule has 134 valence electrons. The topological polar surface area (TPSA) is 24.4 Å². The van der Waals surface area contributed by atoms with Crippen molar-refractivity contribution in [3.05, 3.63) is 75.4 Å². The SMILES string of the molecule is Cc1cc(C2CCc3ccc(/C4=C/CCCN=CN4)cc32)cc(C)c1C. The highest BCUT2D eigenvalue weighted by Gasteiger charge is 2.25. The average Bonchev–Trinajstić information content (AvgIpc) is 3.02. The molecule has 1 atom stereocenters. The second-order valence-electron chi connectivity index (χ2n) is 7.72. The van der Waals surface area contributed by atoms with E-state index in [2.05, 4.69) is 67.5 Å². The second-order valence-corrected chi connectivity index (χ2v) is 7.72. The Morgan fingerprint density at radius 1 is 1.04 bits per heavy atom. The van der Waals surface area contributed by atoms with Crippen molar-refractivity contribution < 1.29 is 0 Å². The molecule has 0 radical (unpaired) electrons. The highest BCUT2D eigenvalue weighted by molar-refractivity contribution is 5.77. The summed E-state index contributed by atoms with van der Waals surface area (Å²) >= 11 is 0. The van der Waals surface area contributed by atoms with Gasteiger partial charge in [-0.05, 0) is 91.5 Å². The molecule has 0 fully saturated rings. The molecule has 0 bridgehead atoms. The van der Waals surface area contributed by atoms with E-state index in [4.69, 9.17) is 0 Å². The molecule has 0 amide bonds. The predicted molar refractivity (Wildman–Crippen MR) is 111 cm³/mol. The Bertz CT molecular complexity index is 866. The van der Waals surface area contributed by atoms with Gasteiger partial charge in [-0.2, -0.15) is 0 Å². The Hall–Kier alpha value is -2.35. The van der Waals surface area contributed by atoms with E-state index < -0.39 is 0 Å². The van der Waals surface area contributed by atoms with Crippen molar-refractivity contribution in [2.24, 2.45) is 4.99 Å². The van der Waals surface area contributed by atoms with Gasteiger partial charge in [-0.3, -0.25) is 4.99 Å². The molecule has 4 rings (SSSR count). The zero-order valence-electron chi connectivity index (χ0n) is 16.1. The van der Waals surface area contributed by atoms with Crippen molar-refractivity contribution in [3.8, 4) is 0 Å². The fraction of sp³-hybridized carbons (Fsp3) is 0.375. The van der Waals surface area contributed by atoms with Gasteiger partial charge < -0.3 is 5.32 Å². The first-order valence-electron chi connectivity index (χ1n) is 9.79. The molecular formula is C24H28N2. The van der Waals surface area contributed by atoms with Crippen LogP contribution in [0.5, 0.6) is 0 Å². The third-order valence-electron chi connectivity index (χ3n) is 6.04. The molecule has 2 nitrogen and oxygen atoms in total. The Kier molecular flexibility index (Phi) is 4.67. The molecule has 2 aromatic carbocycles. The molecule has 0 spiro atoms. The number of rotatable bonds is 2. The molecule has 1 N–H and O–H groups in total. The number of nitrogens with one attached hydrogen (secondary N) is 1. The van der Waals surface area contributed by atoms with Crippen LogP contribution < -0.4 is 5.32 Å². The van der Waals surface area contributed by atoms with E-state index in [1.54, 1.807) is 0 Å². The van der Waals surface area contributed by atoms with Crippen LogP contribution in [-0.2, 0) is 6.42 Å². The van der Waals surface area contributed by atoms with Crippen molar-refractivity contribution in [2.75, 3.05) is 6.54 Å². The van der Waals surface area contributed by atoms with Gasteiger partial charge in [-0.1, -0.05) is 30.3 Å². The molecule has 1 heterocycles. The number of aliphatic imine (C=N–C) groups is 1. The van der Waals surface area contributed by atoms with Crippen molar-refractivity contribution in [1.29, 1.82) is 0 Å². The Morgan fingerprint density at radius 3 is 2.65 bits per heavy atom. The minimum absolute atomic E-state index is 0.519. The van der Waals surface area contributed by atoms with E-state index in [1.165, 1.54) is 57.5 Å². The number of fused-ring (bicyclic) bond motifs is 1. The lowest BCUT2D eigenvalue weighted by atomic mass is 9.88. The normalized spacial score (nSPS) is 21.3. The van der Waals surface area contributed by atoms with Gasteiger partial charge in [0.1, 0.15) is 0 Å². The highest BCUT2D eigenvalue weighted by atomic mass is 14.9. The molecule has 2 aliphatic rings. The largest absolute Gasteiger partial charge is 0.347 e. The number of hydrogen-bond acceptors (Lipinski definition) is 2. The van der Waals surface area contributed by atoms with E-state index in [1.807, 2.05) is 6.34 Å². The maximum absolute atomic E-state index is 4.39. The standard InChI is InChI=1S/C24H28N2/c1-16-12-21(13-17(2)18(16)3)22-10-9-19-7-8-20(14-23(19)22)24-6-4-5-11-25-15-26-24/h6-8,12-15,22H,4-5,9-11H2,1-3H3,(H,25,26)/b24-6-. The monoisotopic (exact) mass is 344 g/mol. The smallest absolute Gasteiger partial charge is 0.0867 e. The fourth-order valence-corrected chi connectivity index (χ4v) is 4.26. The van der Waals surface area contributed by atoms with E-state index in [-0.39, 0.29) is 0 Å². The van der Waals surface area contributed by atoms with Crippen molar-refractivity contribution in [2.45, 2.75) is 52.4 Å². The third-order valence-corrected chi connectivity index (χ3v) is 6.04. The molecule has 2 aromatic rings. The summed E-state index contributed by atoms with van der Waals surface area (Å²) in [5.74, 6) is 0.519. The van der Waals surface area contributed by atoms with Gasteiger partial charge in [0.2, 0.25) is 0 Å². The summed E-state index contributed by atoms with van der Waals surface area (Å²) in [6.45, 7) is 7.61. The maximum Gasteiger partial charge on any atom is 0.0867 e. The van der Waals surface area contributed by atoms with E-state index in [9.17, 15) is 0 Å². The molecule has 26 heavy (non-hydrogen) atoms. The third kappa shape index (κ3) is 3.21. The zero-order valence-corrected chi connectivity index (χ0v) is 16.1. The second kappa shape index (κ2) is 7.11. The average molecular weight is 345 g/mol. The van der Waals surface area contributed by atoms with E-state index in [0.29, 0.717) is 5.92 Å². The lowest BCUT2D eigenvalue weighted by molar-refractivity contribution is 0.785. The lowest BCUT2D eigenvalue weighted by Crippen LogP contribution is -2.12. The first kappa shape index (κ1) is 17.1. The summed E-state index contributed by atoms with van der Waals surface area (Å²) in [7, 11) is 0. The Morgan fingerprint density at radius 2 is 1.85 bits per heavy atom. The lowest BCUT2D eigenvalue weighted by Gasteiger charge is -2.18. The number of hydrogen-bond donors (Lipinski definition) is 1. The van der Waals surface area contributed by atoms with Crippen molar-refractivity contribution in [3.63, 3.8) is 0 Å². The Balaban J connectivity index is 1.71. The molecule has 1 aliphatic heterocycles. The predicted octanol–water partition coefficient (Wildman–Crippen LogP) is 5.44. The van der Waals surface area contributed by atoms with Crippen LogP contribution in [0.4, 0.5) is 0 Å². The van der Waals surface area contributed by atoms with Crippen LogP contribution in [0.1, 0.15) is 64.1 Å². The van der Waals surface area contributed by atoms with Crippen molar-refractivity contribution >= 4 is 12.0 Å². The van der Waals surface area contributed by atoms with Gasteiger partial charge in [0, 0.05) is 18.2 Å². The zero-order chi connectivity index (χ0) is 18.1. The molecule has 0 saturated heterocycles. The summed E-state index contributed by atoms with van der Waals surface area (Å²) in [5.41, 5.74) is 11.2. The quantitative estimate of drug-likeness (QED) is 0.770. The van der Waals surface area contributed by atoms with Gasteiger partial charge in [0.25, 0.3) is 0 Å².